The summed E-state index contributed by atoms with van der Waals surface area (Å²) in [5, 5.41) is 4.81. The number of aromatic nitrogens is 2. The number of ether oxygens (including phenoxy) is 1. The molecule has 22 heavy (non-hydrogen) atoms. The predicted octanol–water partition coefficient (Wildman–Crippen LogP) is 2.66. The average molecular weight is 297 g/mol. The summed E-state index contributed by atoms with van der Waals surface area (Å²) in [5.74, 6) is 0.302. The maximum Gasteiger partial charge on any atom is 0.250 e. The van der Waals surface area contributed by atoms with Gasteiger partial charge in [-0.15, -0.1) is 6.58 Å². The Hall–Kier alpha value is -2.69. The van der Waals surface area contributed by atoms with E-state index in [-0.39, 0.29) is 12.3 Å². The van der Waals surface area contributed by atoms with E-state index in [2.05, 4.69) is 16.7 Å². The Bertz CT molecular complexity index is 705. The Labute approximate surface area is 129 Å². The van der Waals surface area contributed by atoms with Crippen molar-refractivity contribution in [2.45, 2.75) is 19.8 Å². The normalized spacial score (nSPS) is 11.2. The molecule has 0 unspecified atom stereocenters. The van der Waals surface area contributed by atoms with E-state index in [4.69, 9.17) is 4.74 Å². The largest absolute Gasteiger partial charge is 0.478 e. The van der Waals surface area contributed by atoms with Gasteiger partial charge >= 0.3 is 0 Å². The van der Waals surface area contributed by atoms with E-state index in [0.717, 1.165) is 12.1 Å². The van der Waals surface area contributed by atoms with Gasteiger partial charge in [-0.05, 0) is 18.6 Å². The molecule has 0 saturated carbocycles. The molecule has 0 N–H and O–H groups in total. The number of rotatable bonds is 6. The summed E-state index contributed by atoms with van der Waals surface area (Å²) in [4.78, 5) is 15.6. The first kappa shape index (κ1) is 15.7. The van der Waals surface area contributed by atoms with Gasteiger partial charge in [0.25, 0.3) is 0 Å². The van der Waals surface area contributed by atoms with Crippen LogP contribution in [0.25, 0.3) is 5.69 Å². The van der Waals surface area contributed by atoms with E-state index in [0.29, 0.717) is 17.8 Å². The fourth-order valence-electron chi connectivity index (χ4n) is 1.85. The molecule has 0 spiro atoms. The molecular weight excluding hydrogens is 278 g/mol. The molecular formula is C17H19N3O2. The van der Waals surface area contributed by atoms with Crippen molar-refractivity contribution < 1.29 is 9.53 Å². The van der Waals surface area contributed by atoms with Crippen molar-refractivity contribution in [1.29, 1.82) is 0 Å². The van der Waals surface area contributed by atoms with Gasteiger partial charge in [-0.2, -0.15) is 5.10 Å². The van der Waals surface area contributed by atoms with Crippen LogP contribution in [0.1, 0.15) is 19.8 Å². The zero-order chi connectivity index (χ0) is 15.8. The molecule has 5 heteroatoms. The second-order valence-corrected chi connectivity index (χ2v) is 4.65. The van der Waals surface area contributed by atoms with Gasteiger partial charge in [0.05, 0.1) is 23.8 Å². The number of hydrogen-bond acceptors (Lipinski definition) is 3. The van der Waals surface area contributed by atoms with Gasteiger partial charge in [0.2, 0.25) is 11.8 Å². The van der Waals surface area contributed by atoms with Crippen molar-refractivity contribution in [3.8, 4) is 11.6 Å². The quantitative estimate of drug-likeness (QED) is 0.770. The molecule has 1 aromatic heterocycles. The lowest BCUT2D eigenvalue weighted by molar-refractivity contribution is -0.117. The maximum absolute atomic E-state index is 11.6. The third kappa shape index (κ3) is 4.15. The van der Waals surface area contributed by atoms with Crippen LogP contribution in [-0.4, -0.2) is 22.3 Å². The monoisotopic (exact) mass is 297 g/mol. The molecule has 2 rings (SSSR count). The highest BCUT2D eigenvalue weighted by Gasteiger charge is 2.05. The number of hydrogen-bond donors (Lipinski definition) is 0. The van der Waals surface area contributed by atoms with E-state index in [1.807, 2.05) is 37.3 Å². The van der Waals surface area contributed by atoms with Crippen LogP contribution in [0.2, 0.25) is 0 Å². The van der Waals surface area contributed by atoms with Crippen molar-refractivity contribution >= 4 is 5.91 Å². The molecule has 0 fully saturated rings. The molecule has 114 valence electrons. The van der Waals surface area contributed by atoms with Crippen molar-refractivity contribution in [2.75, 3.05) is 6.61 Å². The standard InChI is InChI=1S/C17H19N3O2/c1-3-8-16(21)19-14-12-17(22-11-4-2)20(18-13-14)15-9-6-5-7-10-15/h3,5-7,9-10,12-13H,1,4,8,11H2,2H3. The molecule has 0 aliphatic rings. The van der Waals surface area contributed by atoms with E-state index in [1.54, 1.807) is 16.9 Å². The van der Waals surface area contributed by atoms with Gasteiger partial charge < -0.3 is 4.74 Å². The van der Waals surface area contributed by atoms with Crippen molar-refractivity contribution in [1.82, 2.24) is 9.78 Å². The Kier molecular flexibility index (Phi) is 5.65. The van der Waals surface area contributed by atoms with Gasteiger partial charge in [0.15, 0.2) is 0 Å². The van der Waals surface area contributed by atoms with Crippen LogP contribution in [0.15, 0.2) is 60.2 Å². The third-order valence-corrected chi connectivity index (χ3v) is 2.81. The van der Waals surface area contributed by atoms with E-state index < -0.39 is 0 Å². The van der Waals surface area contributed by atoms with Crippen LogP contribution in [0.4, 0.5) is 0 Å². The lowest BCUT2D eigenvalue weighted by atomic mass is 10.3. The minimum Gasteiger partial charge on any atom is -0.478 e. The molecule has 5 nitrogen and oxygen atoms in total. The molecule has 0 aliphatic heterocycles. The maximum atomic E-state index is 11.6. The number of benzene rings is 1. The Balaban J connectivity index is 2.42. The van der Waals surface area contributed by atoms with Gasteiger partial charge in [0, 0.05) is 12.5 Å². The molecule has 0 bridgehead atoms. The first-order chi connectivity index (χ1) is 10.7. The first-order valence-electron chi connectivity index (χ1n) is 7.20. The van der Waals surface area contributed by atoms with Gasteiger partial charge in [-0.1, -0.05) is 31.2 Å². The summed E-state index contributed by atoms with van der Waals surface area (Å²) < 4.78 is 7.42. The molecule has 0 saturated heterocycles. The van der Waals surface area contributed by atoms with Crippen LogP contribution in [0, 0.1) is 0 Å². The lowest BCUT2D eigenvalue weighted by Gasteiger charge is -2.12. The minimum absolute atomic E-state index is 0.207. The average Bonchev–Trinajstić information content (AvgIpc) is 2.54. The number of para-hydroxylation sites is 1. The van der Waals surface area contributed by atoms with Crippen molar-refractivity contribution in [3.63, 3.8) is 0 Å². The van der Waals surface area contributed by atoms with Crippen LogP contribution in [0.5, 0.6) is 5.88 Å². The predicted molar refractivity (Wildman–Crippen MR) is 84.7 cm³/mol. The highest BCUT2D eigenvalue weighted by Crippen LogP contribution is 2.14. The Morgan fingerprint density at radius 1 is 1.41 bits per heavy atom. The molecule has 0 atom stereocenters. The topological polar surface area (TPSA) is 56.5 Å². The minimum atomic E-state index is -0.254. The van der Waals surface area contributed by atoms with Gasteiger partial charge in [-0.25, -0.2) is 9.67 Å². The van der Waals surface area contributed by atoms with E-state index >= 15 is 0 Å². The molecule has 1 heterocycles. The number of amides is 1. The second-order valence-electron chi connectivity index (χ2n) is 4.65. The summed E-state index contributed by atoms with van der Waals surface area (Å²) in [6, 6.07) is 11.4. The Morgan fingerprint density at radius 3 is 2.86 bits per heavy atom. The molecule has 0 radical (unpaired) electrons. The van der Waals surface area contributed by atoms with E-state index in [9.17, 15) is 4.79 Å². The van der Waals surface area contributed by atoms with Crippen LogP contribution >= 0.6 is 0 Å². The smallest absolute Gasteiger partial charge is 0.250 e. The second kappa shape index (κ2) is 7.93. The summed E-state index contributed by atoms with van der Waals surface area (Å²) in [6.45, 7) is 6.13. The first-order valence-corrected chi connectivity index (χ1v) is 7.20. The highest BCUT2D eigenvalue weighted by molar-refractivity contribution is 5.78. The fraction of sp³-hybridized carbons (Fsp3) is 0.235. The van der Waals surface area contributed by atoms with Crippen molar-refractivity contribution in [2.24, 2.45) is 4.99 Å². The zero-order valence-electron chi connectivity index (χ0n) is 12.6. The van der Waals surface area contributed by atoms with Gasteiger partial charge in [-0.3, -0.25) is 4.79 Å². The Morgan fingerprint density at radius 2 is 2.18 bits per heavy atom. The number of nitrogens with zero attached hydrogens (tertiary/aromatic N) is 3. The highest BCUT2D eigenvalue weighted by atomic mass is 16.5. The summed E-state index contributed by atoms with van der Waals surface area (Å²) in [6.07, 6.45) is 4.16. The molecule has 2 aromatic rings. The van der Waals surface area contributed by atoms with E-state index in [1.165, 1.54) is 6.08 Å². The summed E-state index contributed by atoms with van der Waals surface area (Å²) >= 11 is 0. The number of carbonyl (C=O) groups excluding carboxylic acids is 1. The van der Waals surface area contributed by atoms with Crippen molar-refractivity contribution in [3.05, 3.63) is 60.6 Å². The van der Waals surface area contributed by atoms with Crippen LogP contribution in [-0.2, 0) is 4.79 Å². The zero-order valence-corrected chi connectivity index (χ0v) is 12.6. The SMILES string of the molecule is C=CCC(=O)N=c1cnn(-c2ccccc2)c(OCCC)c1. The van der Waals surface area contributed by atoms with Crippen LogP contribution < -0.4 is 10.1 Å². The summed E-state index contributed by atoms with van der Waals surface area (Å²) in [5.41, 5.74) is 0.887. The molecule has 1 aromatic carbocycles. The number of carbonyl (C=O) groups is 1. The van der Waals surface area contributed by atoms with Crippen LogP contribution in [0.3, 0.4) is 0 Å². The lowest BCUT2D eigenvalue weighted by Crippen LogP contribution is -2.15. The third-order valence-electron chi connectivity index (χ3n) is 2.81. The molecule has 1 amide bonds. The fourth-order valence-corrected chi connectivity index (χ4v) is 1.85. The van der Waals surface area contributed by atoms with Gasteiger partial charge in [0.1, 0.15) is 0 Å². The molecule has 0 aliphatic carbocycles. The summed E-state index contributed by atoms with van der Waals surface area (Å²) in [7, 11) is 0.